The number of benzene rings is 2. The predicted molar refractivity (Wildman–Crippen MR) is 97.0 cm³/mol. The van der Waals surface area contributed by atoms with Crippen molar-refractivity contribution < 1.29 is 0 Å². The molecule has 0 fully saturated rings. The van der Waals surface area contributed by atoms with E-state index in [0.29, 0.717) is 0 Å². The molecule has 0 radical (unpaired) electrons. The molecule has 3 rings (SSSR count). The fraction of sp³-hybridized carbons (Fsp3) is 0.250. The Balaban J connectivity index is 1.93. The van der Waals surface area contributed by atoms with E-state index in [4.69, 9.17) is 23.2 Å². The summed E-state index contributed by atoms with van der Waals surface area (Å²) in [6, 6.07) is 10.4. The molecule has 5 heteroatoms. The van der Waals surface area contributed by atoms with Crippen molar-refractivity contribution in [1.82, 2.24) is 0 Å². The standard InChI is InChI=1S/C16H14BrCl2NS/c1-9-6-12(17)15(8-13(9)19)20-14-4-5-21-16-3-2-10(18)7-11(14)16/h2-3,6-8,14,20H,4-5H2,1H3. The number of rotatable bonds is 2. The van der Waals surface area contributed by atoms with Crippen molar-refractivity contribution in [3.05, 3.63) is 56.0 Å². The van der Waals surface area contributed by atoms with Crippen LogP contribution < -0.4 is 5.32 Å². The maximum Gasteiger partial charge on any atom is 0.0533 e. The molecule has 2 aromatic carbocycles. The van der Waals surface area contributed by atoms with Gasteiger partial charge < -0.3 is 5.32 Å². The zero-order valence-corrected chi connectivity index (χ0v) is 15.3. The minimum atomic E-state index is 0.259. The maximum atomic E-state index is 6.24. The Morgan fingerprint density at radius 3 is 2.86 bits per heavy atom. The van der Waals surface area contributed by atoms with Gasteiger partial charge in [-0.05, 0) is 70.7 Å². The minimum Gasteiger partial charge on any atom is -0.377 e. The largest absolute Gasteiger partial charge is 0.377 e. The molecule has 0 amide bonds. The molecule has 0 aliphatic carbocycles. The zero-order valence-electron chi connectivity index (χ0n) is 11.4. The number of halogens is 3. The highest BCUT2D eigenvalue weighted by Gasteiger charge is 2.21. The first-order chi connectivity index (χ1) is 10.0. The Kier molecular flexibility index (Phi) is 4.75. The van der Waals surface area contributed by atoms with Crippen molar-refractivity contribution >= 4 is 56.6 Å². The average molecular weight is 403 g/mol. The van der Waals surface area contributed by atoms with Crippen molar-refractivity contribution in [1.29, 1.82) is 0 Å². The number of aryl methyl sites for hydroxylation is 1. The van der Waals surface area contributed by atoms with Crippen LogP contribution in [0.3, 0.4) is 0 Å². The third-order valence-corrected chi connectivity index (χ3v) is 6.01. The van der Waals surface area contributed by atoms with E-state index in [0.717, 1.165) is 37.9 Å². The molecule has 0 aromatic heterocycles. The maximum absolute atomic E-state index is 6.24. The van der Waals surface area contributed by atoms with E-state index in [1.807, 2.05) is 36.9 Å². The second kappa shape index (κ2) is 6.41. The molecule has 0 saturated carbocycles. The van der Waals surface area contributed by atoms with Crippen molar-refractivity contribution in [2.75, 3.05) is 11.1 Å². The van der Waals surface area contributed by atoms with Gasteiger partial charge in [-0.2, -0.15) is 0 Å². The van der Waals surface area contributed by atoms with Gasteiger partial charge in [-0.1, -0.05) is 23.2 Å². The number of hydrogen-bond donors (Lipinski definition) is 1. The monoisotopic (exact) mass is 401 g/mol. The molecular formula is C16H14BrCl2NS. The van der Waals surface area contributed by atoms with Crippen LogP contribution in [0.1, 0.15) is 23.6 Å². The van der Waals surface area contributed by atoms with Gasteiger partial charge in [0.05, 0.1) is 11.7 Å². The highest BCUT2D eigenvalue weighted by molar-refractivity contribution is 9.10. The van der Waals surface area contributed by atoms with Gasteiger partial charge in [0.25, 0.3) is 0 Å². The summed E-state index contributed by atoms with van der Waals surface area (Å²) in [6.45, 7) is 2.00. The molecule has 0 spiro atoms. The Morgan fingerprint density at radius 1 is 1.24 bits per heavy atom. The molecule has 1 nitrogen and oxygen atoms in total. The Hall–Kier alpha value is -0.350. The van der Waals surface area contributed by atoms with Gasteiger partial charge >= 0.3 is 0 Å². The number of thioether (sulfide) groups is 1. The van der Waals surface area contributed by atoms with E-state index in [9.17, 15) is 0 Å². The van der Waals surface area contributed by atoms with Gasteiger partial charge in [-0.25, -0.2) is 0 Å². The van der Waals surface area contributed by atoms with Crippen LogP contribution in [-0.2, 0) is 0 Å². The lowest BCUT2D eigenvalue weighted by Crippen LogP contribution is -2.16. The molecule has 1 aliphatic rings. The normalized spacial score (nSPS) is 17.4. The lowest BCUT2D eigenvalue weighted by atomic mass is 10.0. The van der Waals surface area contributed by atoms with Crippen molar-refractivity contribution in [3.8, 4) is 0 Å². The van der Waals surface area contributed by atoms with Gasteiger partial charge in [-0.3, -0.25) is 0 Å². The van der Waals surface area contributed by atoms with Gasteiger partial charge in [0.2, 0.25) is 0 Å². The highest BCUT2D eigenvalue weighted by Crippen LogP contribution is 2.40. The fourth-order valence-electron chi connectivity index (χ4n) is 2.46. The summed E-state index contributed by atoms with van der Waals surface area (Å²) in [7, 11) is 0. The number of hydrogen-bond acceptors (Lipinski definition) is 2. The van der Waals surface area contributed by atoms with Crippen LogP contribution in [-0.4, -0.2) is 5.75 Å². The summed E-state index contributed by atoms with van der Waals surface area (Å²) in [5, 5.41) is 5.15. The fourth-order valence-corrected chi connectivity index (χ4v) is 4.48. The quantitative estimate of drug-likeness (QED) is 0.598. The van der Waals surface area contributed by atoms with Gasteiger partial charge in [-0.15, -0.1) is 11.8 Å². The van der Waals surface area contributed by atoms with E-state index in [1.165, 1.54) is 10.5 Å². The number of anilines is 1. The Morgan fingerprint density at radius 2 is 2.05 bits per heavy atom. The van der Waals surface area contributed by atoms with Crippen LogP contribution in [0, 0.1) is 6.92 Å². The van der Waals surface area contributed by atoms with E-state index in [2.05, 4.69) is 33.4 Å². The molecule has 1 unspecified atom stereocenters. The Bertz CT molecular complexity index is 690. The smallest absolute Gasteiger partial charge is 0.0533 e. The van der Waals surface area contributed by atoms with Crippen molar-refractivity contribution in [3.63, 3.8) is 0 Å². The second-order valence-corrected chi connectivity index (χ2v) is 7.93. The van der Waals surface area contributed by atoms with Crippen LogP contribution >= 0.6 is 50.9 Å². The highest BCUT2D eigenvalue weighted by atomic mass is 79.9. The number of fused-ring (bicyclic) bond motifs is 1. The summed E-state index contributed by atoms with van der Waals surface area (Å²) in [5.41, 5.74) is 3.35. The van der Waals surface area contributed by atoms with E-state index < -0.39 is 0 Å². The molecular weight excluding hydrogens is 389 g/mol. The molecule has 1 aliphatic heterocycles. The molecule has 0 bridgehead atoms. The van der Waals surface area contributed by atoms with Gasteiger partial charge in [0, 0.05) is 25.2 Å². The Labute approximate surface area is 147 Å². The summed E-state index contributed by atoms with van der Waals surface area (Å²) in [5.74, 6) is 1.10. The molecule has 1 atom stereocenters. The summed E-state index contributed by atoms with van der Waals surface area (Å²) < 4.78 is 1.03. The van der Waals surface area contributed by atoms with Crippen molar-refractivity contribution in [2.45, 2.75) is 24.3 Å². The van der Waals surface area contributed by atoms with E-state index in [1.54, 1.807) is 0 Å². The molecule has 2 aromatic rings. The van der Waals surface area contributed by atoms with Crippen LogP contribution in [0.25, 0.3) is 0 Å². The van der Waals surface area contributed by atoms with Gasteiger partial charge in [0.1, 0.15) is 0 Å². The zero-order chi connectivity index (χ0) is 15.0. The third kappa shape index (κ3) is 3.37. The topological polar surface area (TPSA) is 12.0 Å². The minimum absolute atomic E-state index is 0.259. The second-order valence-electron chi connectivity index (χ2n) is 5.10. The lowest BCUT2D eigenvalue weighted by Gasteiger charge is -2.27. The first-order valence-electron chi connectivity index (χ1n) is 6.69. The lowest BCUT2D eigenvalue weighted by molar-refractivity contribution is 0.728. The van der Waals surface area contributed by atoms with E-state index in [-0.39, 0.29) is 6.04 Å². The predicted octanol–water partition coefficient (Wildman–Crippen LogP) is 6.71. The third-order valence-electron chi connectivity index (χ3n) is 3.59. The van der Waals surface area contributed by atoms with Crippen LogP contribution in [0.15, 0.2) is 39.7 Å². The summed E-state index contributed by atoms with van der Waals surface area (Å²) in [6.07, 6.45) is 1.07. The van der Waals surface area contributed by atoms with Crippen molar-refractivity contribution in [2.24, 2.45) is 0 Å². The van der Waals surface area contributed by atoms with Crippen LogP contribution in [0.2, 0.25) is 10.0 Å². The molecule has 1 heterocycles. The number of nitrogens with one attached hydrogen (secondary N) is 1. The molecule has 0 saturated heterocycles. The van der Waals surface area contributed by atoms with E-state index >= 15 is 0 Å². The molecule has 21 heavy (non-hydrogen) atoms. The first kappa shape index (κ1) is 15.5. The average Bonchev–Trinajstić information content (AvgIpc) is 2.45. The van der Waals surface area contributed by atoms with Gasteiger partial charge in [0.15, 0.2) is 0 Å². The SMILES string of the molecule is Cc1cc(Br)c(NC2CCSc3ccc(Cl)cc32)cc1Cl. The molecule has 110 valence electrons. The van der Waals surface area contributed by atoms with Crippen LogP contribution in [0.4, 0.5) is 5.69 Å². The summed E-state index contributed by atoms with van der Waals surface area (Å²) >= 11 is 17.9. The van der Waals surface area contributed by atoms with Crippen LogP contribution in [0.5, 0.6) is 0 Å². The first-order valence-corrected chi connectivity index (χ1v) is 9.22. The molecule has 1 N–H and O–H groups in total. The summed E-state index contributed by atoms with van der Waals surface area (Å²) in [4.78, 5) is 1.30.